The molecular weight excluding hydrogens is 1250 g/mol. The molecule has 15 aliphatic rings. The number of benzene rings is 5. The zero-order valence-corrected chi connectivity index (χ0v) is 63.6. The van der Waals surface area contributed by atoms with Gasteiger partial charge in [0.2, 0.25) is 0 Å². The predicted octanol–water partition coefficient (Wildman–Crippen LogP) is 21.4. The van der Waals surface area contributed by atoms with Crippen LogP contribution in [0.1, 0.15) is 288 Å². The third kappa shape index (κ3) is 15.3. The van der Waals surface area contributed by atoms with E-state index in [0.717, 1.165) is 93.1 Å². The fourth-order valence-corrected chi connectivity index (χ4v) is 23.1. The van der Waals surface area contributed by atoms with Crippen molar-refractivity contribution in [3.05, 3.63) is 189 Å². The Bertz CT molecular complexity index is 3680. The van der Waals surface area contributed by atoms with Crippen molar-refractivity contribution in [3.63, 3.8) is 0 Å². The summed E-state index contributed by atoms with van der Waals surface area (Å²) in [7, 11) is 0. The molecule has 0 amide bonds. The van der Waals surface area contributed by atoms with E-state index in [4.69, 9.17) is 12.2 Å². The molecule has 6 aliphatic carbocycles. The molecule has 8 fully saturated rings. The molecule has 0 aromatic heterocycles. The molecular formula is C93H125N5O2S. The molecule has 9 heterocycles. The van der Waals surface area contributed by atoms with E-state index in [0.29, 0.717) is 46.4 Å². The maximum atomic E-state index is 12.5. The van der Waals surface area contributed by atoms with Crippen LogP contribution in [0.25, 0.3) is 11.4 Å². The minimum Gasteiger partial charge on any atom is -0.375 e. The van der Waals surface area contributed by atoms with Crippen molar-refractivity contribution in [2.24, 2.45) is 34.5 Å². The van der Waals surface area contributed by atoms with Crippen molar-refractivity contribution >= 4 is 40.2 Å². The van der Waals surface area contributed by atoms with Gasteiger partial charge in [0.25, 0.3) is 0 Å². The van der Waals surface area contributed by atoms with Gasteiger partial charge in [0.15, 0.2) is 5.78 Å². The first-order chi connectivity index (χ1) is 49.6. The summed E-state index contributed by atoms with van der Waals surface area (Å²) in [5, 5.41) is 3.17. The van der Waals surface area contributed by atoms with Crippen LogP contribution in [0.3, 0.4) is 0 Å². The Morgan fingerprint density at radius 3 is 1.50 bits per heavy atom. The number of Topliss-reactive ketones (excluding diaryl/α,β-unsaturated/α-hetero) is 1. The Morgan fingerprint density at radius 1 is 0.426 bits per heavy atom. The first-order valence-corrected chi connectivity index (χ1v) is 42.3. The number of carbonyl (C=O) groups excluding carboxylic acids is 2. The molecule has 101 heavy (non-hydrogen) atoms. The third-order valence-electron chi connectivity index (χ3n) is 28.0. The molecule has 5 aromatic carbocycles. The van der Waals surface area contributed by atoms with Gasteiger partial charge in [-0.1, -0.05) is 270 Å². The van der Waals surface area contributed by atoms with Crippen LogP contribution in [-0.4, -0.2) is 93.0 Å². The lowest BCUT2D eigenvalue weighted by Crippen LogP contribution is -2.57. The zero-order chi connectivity index (χ0) is 69.3. The second-order valence-corrected chi connectivity index (χ2v) is 33.9. The Morgan fingerprint density at radius 2 is 0.881 bits per heavy atom. The van der Waals surface area contributed by atoms with E-state index in [9.17, 15) is 9.59 Å². The van der Waals surface area contributed by atoms with Crippen LogP contribution in [0.2, 0.25) is 0 Å². The number of thiocarbonyl (C=S) groups is 1. The number of ketones is 2. The number of unbranched alkanes of at least 4 members (excludes halogenated alkanes) is 2. The fourth-order valence-electron chi connectivity index (χ4n) is 22.8. The molecule has 2 spiro atoms. The van der Waals surface area contributed by atoms with E-state index in [1.807, 2.05) is 12.1 Å². The van der Waals surface area contributed by atoms with E-state index in [1.165, 1.54) is 238 Å². The number of piperidine rings is 2. The van der Waals surface area contributed by atoms with Gasteiger partial charge in [-0.3, -0.25) is 19.4 Å². The molecule has 20 rings (SSSR count). The molecule has 6 saturated carbocycles. The highest BCUT2D eigenvalue weighted by Gasteiger charge is 2.55. The summed E-state index contributed by atoms with van der Waals surface area (Å²) >= 11 is 5.15. The Kier molecular flexibility index (Phi) is 24.1. The standard InChI is InChI=1S/C21H29N.C21H27N.C17H21NO.C17H19NO.C9H9NS.2C4H10/c2*1-2-8-17-16(7-1)11-14-22-19-10-4-3-9-18(19)21(15-20(17)22)12-5-6-13-21;2*19-17-11-16-13-6-2-1-5-12(13)9-10-18(16)15-8-4-3-7-14(15)17;11-9-8-4-2-1-3-7(8)5-6-10-9;2*1-3-4-2/h1-2,7-8,18-20H,3-6,9-15H2;1-2,7-8,15,18-19H,3-6,9-14H2;1-2,5-6,14-16H,3-4,7-11H2;1-2,5-6,11,14-15H,3-4,7-10H2;1-4H,5-6H2,(H,10,11);2*3-4H2,1-2H3. The van der Waals surface area contributed by atoms with Gasteiger partial charge in [-0.15, -0.1) is 0 Å². The van der Waals surface area contributed by atoms with E-state index in [-0.39, 0.29) is 5.92 Å². The predicted molar refractivity (Wildman–Crippen MR) is 424 cm³/mol. The molecule has 9 aliphatic heterocycles. The van der Waals surface area contributed by atoms with Gasteiger partial charge in [-0.25, -0.2) is 0 Å². The van der Waals surface area contributed by atoms with Crippen LogP contribution in [0, 0.1) is 34.5 Å². The van der Waals surface area contributed by atoms with Crippen LogP contribution < -0.4 is 5.32 Å². The quantitative estimate of drug-likeness (QED) is 0.176. The third-order valence-corrected chi connectivity index (χ3v) is 28.4. The van der Waals surface area contributed by atoms with Gasteiger partial charge in [0.1, 0.15) is 10.8 Å². The molecule has 0 bridgehead atoms. The smallest absolute Gasteiger partial charge is 0.162 e. The fraction of sp³-hybridized carbons (Fsp3) is 0.602. The van der Waals surface area contributed by atoms with Crippen LogP contribution >= 0.6 is 12.2 Å². The minimum absolute atomic E-state index is 0.266. The van der Waals surface area contributed by atoms with Gasteiger partial charge < -0.3 is 15.1 Å². The number of hydrogen-bond donors (Lipinski definition) is 1. The number of carbonyl (C=O) groups is 2. The van der Waals surface area contributed by atoms with Crippen LogP contribution in [-0.2, 0) is 41.7 Å². The highest BCUT2D eigenvalue weighted by molar-refractivity contribution is 7.80. The number of fused-ring (bicyclic) bond motifs is 23. The van der Waals surface area contributed by atoms with Gasteiger partial charge in [-0.2, -0.15) is 0 Å². The molecule has 0 radical (unpaired) electrons. The first kappa shape index (κ1) is 72.3. The highest BCUT2D eigenvalue weighted by atomic mass is 32.1. The highest BCUT2D eigenvalue weighted by Crippen LogP contribution is 2.61. The normalized spacial score (nSPS) is 29.2. The summed E-state index contributed by atoms with van der Waals surface area (Å²) in [6.07, 6.45) is 51.4. The number of hydrogen-bond acceptors (Lipinski definition) is 7. The zero-order valence-electron chi connectivity index (χ0n) is 62.8. The number of rotatable bonds is 2. The summed E-state index contributed by atoms with van der Waals surface area (Å²) in [6, 6.07) is 48.0. The number of nitrogens with one attached hydrogen (secondary N) is 1. The summed E-state index contributed by atoms with van der Waals surface area (Å²) in [6.45, 7) is 14.5. The Balaban J connectivity index is 0.000000106. The van der Waals surface area contributed by atoms with Crippen molar-refractivity contribution in [1.29, 1.82) is 0 Å². The van der Waals surface area contributed by atoms with Crippen molar-refractivity contribution in [2.45, 2.75) is 289 Å². The molecule has 2 saturated heterocycles. The van der Waals surface area contributed by atoms with Crippen molar-refractivity contribution in [2.75, 3.05) is 32.7 Å². The van der Waals surface area contributed by atoms with Crippen LogP contribution in [0.4, 0.5) is 0 Å². The maximum Gasteiger partial charge on any atom is 0.162 e. The molecule has 5 aromatic rings. The topological polar surface area (TPSA) is 59.1 Å². The van der Waals surface area contributed by atoms with E-state index in [2.05, 4.69) is 174 Å². The first-order valence-electron chi connectivity index (χ1n) is 41.9. The van der Waals surface area contributed by atoms with Crippen LogP contribution in [0.5, 0.6) is 0 Å². The number of allylic oxidation sites excluding steroid dienone is 2. The summed E-state index contributed by atoms with van der Waals surface area (Å²) in [4.78, 5) is 36.7. The van der Waals surface area contributed by atoms with Gasteiger partial charge >= 0.3 is 0 Å². The number of nitrogens with zero attached hydrogens (tertiary/aromatic N) is 4. The lowest BCUT2D eigenvalue weighted by atomic mass is 9.58. The van der Waals surface area contributed by atoms with Crippen LogP contribution in [0.15, 0.2) is 133 Å². The van der Waals surface area contributed by atoms with E-state index in [1.54, 1.807) is 28.0 Å². The summed E-state index contributed by atoms with van der Waals surface area (Å²) in [5.74, 6) is 3.47. The molecule has 540 valence electrons. The molecule has 10 unspecified atom stereocenters. The minimum atomic E-state index is 0.266. The molecule has 7 nitrogen and oxygen atoms in total. The molecule has 8 heteroatoms. The van der Waals surface area contributed by atoms with E-state index >= 15 is 0 Å². The largest absolute Gasteiger partial charge is 0.375 e. The molecule has 10 atom stereocenters. The summed E-state index contributed by atoms with van der Waals surface area (Å²) < 4.78 is 0. The average Bonchev–Trinajstić information content (AvgIpc) is 1.73. The lowest BCUT2D eigenvalue weighted by molar-refractivity contribution is -0.134. The lowest BCUT2D eigenvalue weighted by Gasteiger charge is -2.59. The Labute approximate surface area is 615 Å². The van der Waals surface area contributed by atoms with Gasteiger partial charge in [0.05, 0.1) is 0 Å². The molecule has 1 N–H and O–H groups in total. The SMILES string of the molecule is C1=C2c3ccccc3CCN2C2CCCCC2C12CCCC2.CCCC.CCCC.O=C1C=C2c3ccccc3CCN2C2CCCCC12.O=C1CC2c3ccccc3CCN2C2CCCCC12.S=C1NCCc2ccccc21.c1ccc2c(c1)CCN1C2CC2(CCCC2)C2CCCCC21. The van der Waals surface area contributed by atoms with Crippen molar-refractivity contribution in [3.8, 4) is 0 Å². The summed E-state index contributed by atoms with van der Waals surface area (Å²) in [5.41, 5.74) is 18.6. The maximum absolute atomic E-state index is 12.5. The van der Waals surface area contributed by atoms with E-state index < -0.39 is 0 Å². The van der Waals surface area contributed by atoms with Gasteiger partial charge in [-0.05, 0) is 177 Å². The Hall–Kier alpha value is -5.67. The van der Waals surface area contributed by atoms with Crippen molar-refractivity contribution in [1.82, 2.24) is 24.9 Å². The monoisotopic (exact) mass is 1380 g/mol. The average molecular weight is 1380 g/mol. The van der Waals surface area contributed by atoms with Crippen molar-refractivity contribution < 1.29 is 9.59 Å². The second-order valence-electron chi connectivity index (χ2n) is 33.4. The van der Waals surface area contributed by atoms with Gasteiger partial charge in [0, 0.05) is 121 Å². The second kappa shape index (κ2) is 33.6.